The predicted octanol–water partition coefficient (Wildman–Crippen LogP) is 1.63. The highest BCUT2D eigenvalue weighted by Crippen LogP contribution is 2.24. The SMILES string of the molecule is CN(C)c1cccc(-n2cncc2C2CNC2)c1. The molecule has 1 aromatic carbocycles. The third-order valence-electron chi connectivity index (χ3n) is 3.49. The van der Waals surface area contributed by atoms with Crippen molar-refractivity contribution in [1.82, 2.24) is 14.9 Å². The first-order valence-electron chi connectivity index (χ1n) is 6.26. The standard InChI is InChI=1S/C14H18N4/c1-17(2)12-4-3-5-13(6-12)18-10-16-9-14(18)11-7-15-8-11/h3-6,9-11,15H,7-8H2,1-2H3. The van der Waals surface area contributed by atoms with E-state index in [1.54, 1.807) is 0 Å². The quantitative estimate of drug-likeness (QED) is 0.888. The van der Waals surface area contributed by atoms with Crippen LogP contribution in [0.15, 0.2) is 36.8 Å². The molecule has 0 spiro atoms. The second-order valence-electron chi connectivity index (χ2n) is 4.96. The highest BCUT2D eigenvalue weighted by atomic mass is 15.1. The van der Waals surface area contributed by atoms with Gasteiger partial charge in [-0.25, -0.2) is 4.98 Å². The summed E-state index contributed by atoms with van der Waals surface area (Å²) in [7, 11) is 4.12. The summed E-state index contributed by atoms with van der Waals surface area (Å²) < 4.78 is 2.19. The largest absolute Gasteiger partial charge is 0.378 e. The normalized spacial score (nSPS) is 15.4. The van der Waals surface area contributed by atoms with Crippen molar-refractivity contribution in [3.05, 3.63) is 42.5 Å². The molecule has 1 aromatic heterocycles. The Bertz CT molecular complexity index is 540. The van der Waals surface area contributed by atoms with E-state index in [0.29, 0.717) is 5.92 Å². The Morgan fingerprint density at radius 2 is 2.17 bits per heavy atom. The van der Waals surface area contributed by atoms with Crippen molar-refractivity contribution >= 4 is 5.69 Å². The summed E-state index contributed by atoms with van der Waals surface area (Å²) in [6.45, 7) is 2.11. The van der Waals surface area contributed by atoms with Gasteiger partial charge in [-0.3, -0.25) is 0 Å². The van der Waals surface area contributed by atoms with E-state index in [1.165, 1.54) is 17.1 Å². The van der Waals surface area contributed by atoms with E-state index >= 15 is 0 Å². The summed E-state index contributed by atoms with van der Waals surface area (Å²) in [4.78, 5) is 6.41. The summed E-state index contributed by atoms with van der Waals surface area (Å²) >= 11 is 0. The van der Waals surface area contributed by atoms with Crippen LogP contribution in [0.25, 0.3) is 5.69 Å². The summed E-state index contributed by atoms with van der Waals surface area (Å²) in [5.74, 6) is 0.593. The van der Waals surface area contributed by atoms with Gasteiger partial charge in [-0.1, -0.05) is 6.07 Å². The monoisotopic (exact) mass is 242 g/mol. The summed E-state index contributed by atoms with van der Waals surface area (Å²) in [6.07, 6.45) is 3.89. The van der Waals surface area contributed by atoms with Gasteiger partial charge in [0.05, 0.1) is 6.33 Å². The van der Waals surface area contributed by atoms with Gasteiger partial charge in [0.2, 0.25) is 0 Å². The van der Waals surface area contributed by atoms with Gasteiger partial charge in [-0.2, -0.15) is 0 Å². The Balaban J connectivity index is 1.99. The second-order valence-corrected chi connectivity index (χ2v) is 4.96. The lowest BCUT2D eigenvalue weighted by Gasteiger charge is -2.28. The lowest BCUT2D eigenvalue weighted by Crippen LogP contribution is -2.40. The first kappa shape index (κ1) is 11.3. The van der Waals surface area contributed by atoms with Crippen molar-refractivity contribution in [1.29, 1.82) is 0 Å². The molecule has 0 aliphatic carbocycles. The highest BCUT2D eigenvalue weighted by Gasteiger charge is 2.22. The van der Waals surface area contributed by atoms with Gasteiger partial charge in [0.1, 0.15) is 0 Å². The lowest BCUT2D eigenvalue weighted by atomic mass is 10.00. The highest BCUT2D eigenvalue weighted by molar-refractivity contribution is 5.52. The Morgan fingerprint density at radius 3 is 2.83 bits per heavy atom. The van der Waals surface area contributed by atoms with Crippen molar-refractivity contribution in [3.63, 3.8) is 0 Å². The van der Waals surface area contributed by atoms with Crippen LogP contribution >= 0.6 is 0 Å². The molecule has 94 valence electrons. The minimum atomic E-state index is 0.593. The molecular formula is C14H18N4. The van der Waals surface area contributed by atoms with Crippen molar-refractivity contribution < 1.29 is 0 Å². The van der Waals surface area contributed by atoms with E-state index in [0.717, 1.165) is 13.1 Å². The lowest BCUT2D eigenvalue weighted by molar-refractivity contribution is 0.435. The number of nitrogens with zero attached hydrogens (tertiary/aromatic N) is 3. The van der Waals surface area contributed by atoms with Crippen molar-refractivity contribution in [2.24, 2.45) is 0 Å². The van der Waals surface area contributed by atoms with E-state index < -0.39 is 0 Å². The molecule has 2 heterocycles. The molecule has 0 amide bonds. The first-order chi connectivity index (χ1) is 8.75. The molecule has 1 aliphatic rings. The van der Waals surface area contributed by atoms with Gasteiger partial charge < -0.3 is 14.8 Å². The number of nitrogens with one attached hydrogen (secondary N) is 1. The number of hydrogen-bond acceptors (Lipinski definition) is 3. The number of aromatic nitrogens is 2. The smallest absolute Gasteiger partial charge is 0.0994 e. The molecule has 1 aliphatic heterocycles. The fraction of sp³-hybridized carbons (Fsp3) is 0.357. The zero-order valence-corrected chi connectivity index (χ0v) is 10.8. The zero-order chi connectivity index (χ0) is 12.5. The topological polar surface area (TPSA) is 33.1 Å². The minimum absolute atomic E-state index is 0.593. The molecule has 3 rings (SSSR count). The Kier molecular flexibility index (Phi) is 2.80. The number of hydrogen-bond donors (Lipinski definition) is 1. The van der Waals surface area contributed by atoms with Crippen molar-refractivity contribution in [2.75, 3.05) is 32.1 Å². The van der Waals surface area contributed by atoms with Gasteiger partial charge >= 0.3 is 0 Å². The molecule has 18 heavy (non-hydrogen) atoms. The van der Waals surface area contributed by atoms with E-state index in [1.807, 2.05) is 12.5 Å². The second kappa shape index (κ2) is 4.46. The number of benzene rings is 1. The third kappa shape index (κ3) is 1.88. The predicted molar refractivity (Wildman–Crippen MR) is 73.5 cm³/mol. The van der Waals surface area contributed by atoms with Crippen LogP contribution in [0.3, 0.4) is 0 Å². The molecular weight excluding hydrogens is 224 g/mol. The molecule has 1 saturated heterocycles. The first-order valence-corrected chi connectivity index (χ1v) is 6.26. The molecule has 0 saturated carbocycles. The molecule has 4 nitrogen and oxygen atoms in total. The number of anilines is 1. The van der Waals surface area contributed by atoms with E-state index in [9.17, 15) is 0 Å². The number of imidazole rings is 1. The maximum absolute atomic E-state index is 4.30. The molecule has 1 fully saturated rings. The molecule has 0 unspecified atom stereocenters. The molecule has 2 aromatic rings. The Hall–Kier alpha value is -1.81. The maximum Gasteiger partial charge on any atom is 0.0994 e. The van der Waals surface area contributed by atoms with Crippen LogP contribution in [0.4, 0.5) is 5.69 Å². The van der Waals surface area contributed by atoms with Gasteiger partial charge in [0, 0.05) is 56.4 Å². The summed E-state index contributed by atoms with van der Waals surface area (Å²) in [5, 5.41) is 3.31. The van der Waals surface area contributed by atoms with Crippen LogP contribution in [-0.2, 0) is 0 Å². The third-order valence-corrected chi connectivity index (χ3v) is 3.49. The van der Waals surface area contributed by atoms with E-state index in [-0.39, 0.29) is 0 Å². The Labute approximate surface area is 107 Å². The van der Waals surface area contributed by atoms with Crippen LogP contribution in [0, 0.1) is 0 Å². The van der Waals surface area contributed by atoms with Gasteiger partial charge in [-0.05, 0) is 18.2 Å². The van der Waals surface area contributed by atoms with E-state index in [2.05, 4.69) is 58.1 Å². The average molecular weight is 242 g/mol. The summed E-state index contributed by atoms with van der Waals surface area (Å²) in [5.41, 5.74) is 3.68. The molecule has 4 heteroatoms. The zero-order valence-electron chi connectivity index (χ0n) is 10.8. The van der Waals surface area contributed by atoms with Gasteiger partial charge in [0.25, 0.3) is 0 Å². The molecule has 1 N–H and O–H groups in total. The number of rotatable bonds is 3. The Morgan fingerprint density at radius 1 is 1.33 bits per heavy atom. The maximum atomic E-state index is 4.30. The van der Waals surface area contributed by atoms with Crippen LogP contribution in [-0.4, -0.2) is 36.7 Å². The summed E-state index contributed by atoms with van der Waals surface area (Å²) in [6, 6.07) is 8.53. The van der Waals surface area contributed by atoms with Gasteiger partial charge in [0.15, 0.2) is 0 Å². The van der Waals surface area contributed by atoms with Crippen molar-refractivity contribution in [3.8, 4) is 5.69 Å². The van der Waals surface area contributed by atoms with Crippen LogP contribution < -0.4 is 10.2 Å². The van der Waals surface area contributed by atoms with Crippen LogP contribution in [0.2, 0.25) is 0 Å². The molecule has 0 radical (unpaired) electrons. The van der Waals surface area contributed by atoms with Crippen LogP contribution in [0.5, 0.6) is 0 Å². The van der Waals surface area contributed by atoms with E-state index in [4.69, 9.17) is 0 Å². The average Bonchev–Trinajstić information content (AvgIpc) is 2.76. The van der Waals surface area contributed by atoms with Crippen LogP contribution in [0.1, 0.15) is 11.6 Å². The fourth-order valence-electron chi connectivity index (χ4n) is 2.24. The fourth-order valence-corrected chi connectivity index (χ4v) is 2.24. The minimum Gasteiger partial charge on any atom is -0.378 e. The molecule has 0 bridgehead atoms. The molecule has 0 atom stereocenters. The van der Waals surface area contributed by atoms with Gasteiger partial charge in [-0.15, -0.1) is 0 Å². The van der Waals surface area contributed by atoms with Crippen molar-refractivity contribution in [2.45, 2.75) is 5.92 Å².